The highest BCUT2D eigenvalue weighted by molar-refractivity contribution is 5.94. The average Bonchev–Trinajstić information content (AvgIpc) is 3.27. The standard InChI is InChI=1S/C20H20N4O3/c1-13-16(14(2)24(23-13)19-5-3-4-9-21-19)8-10-22-20(25)15-6-7-17-18(11-15)27-12-26-17/h3-7,9,11H,8,10,12H2,1-2H3,(H,22,25). The number of benzene rings is 1. The van der Waals surface area contributed by atoms with E-state index in [0.717, 1.165) is 22.8 Å². The molecule has 0 saturated heterocycles. The van der Waals surface area contributed by atoms with E-state index in [9.17, 15) is 4.79 Å². The van der Waals surface area contributed by atoms with Crippen molar-refractivity contribution in [1.82, 2.24) is 20.1 Å². The van der Waals surface area contributed by atoms with Gasteiger partial charge >= 0.3 is 0 Å². The van der Waals surface area contributed by atoms with Gasteiger partial charge in [0.25, 0.3) is 5.91 Å². The van der Waals surface area contributed by atoms with Gasteiger partial charge in [-0.3, -0.25) is 4.79 Å². The molecule has 0 unspecified atom stereocenters. The van der Waals surface area contributed by atoms with Gasteiger partial charge in [0.2, 0.25) is 6.79 Å². The molecule has 0 fully saturated rings. The molecule has 1 amide bonds. The molecule has 1 aliphatic heterocycles. The Morgan fingerprint density at radius 2 is 2.04 bits per heavy atom. The SMILES string of the molecule is Cc1nn(-c2ccccn2)c(C)c1CCNC(=O)c1ccc2c(c1)OCO2. The van der Waals surface area contributed by atoms with Crippen LogP contribution in [0.2, 0.25) is 0 Å². The van der Waals surface area contributed by atoms with Crippen molar-refractivity contribution in [3.8, 4) is 17.3 Å². The number of rotatable bonds is 5. The minimum absolute atomic E-state index is 0.138. The third kappa shape index (κ3) is 3.36. The number of aromatic nitrogens is 3. The normalized spacial score (nSPS) is 12.2. The summed E-state index contributed by atoms with van der Waals surface area (Å²) in [5, 5.41) is 7.54. The summed E-state index contributed by atoms with van der Waals surface area (Å²) in [6.07, 6.45) is 2.44. The quantitative estimate of drug-likeness (QED) is 0.753. The molecular formula is C20H20N4O3. The number of nitrogens with zero attached hydrogens (tertiary/aromatic N) is 3. The Balaban J connectivity index is 1.42. The number of nitrogens with one attached hydrogen (secondary N) is 1. The molecule has 2 aromatic heterocycles. The fraction of sp³-hybridized carbons (Fsp3) is 0.250. The number of amides is 1. The van der Waals surface area contributed by atoms with E-state index in [2.05, 4.69) is 15.4 Å². The molecule has 0 spiro atoms. The molecule has 0 bridgehead atoms. The van der Waals surface area contributed by atoms with E-state index in [1.54, 1.807) is 24.4 Å². The van der Waals surface area contributed by atoms with E-state index in [-0.39, 0.29) is 12.7 Å². The lowest BCUT2D eigenvalue weighted by Gasteiger charge is -2.07. The van der Waals surface area contributed by atoms with Crippen molar-refractivity contribution < 1.29 is 14.3 Å². The summed E-state index contributed by atoms with van der Waals surface area (Å²) in [6, 6.07) is 10.9. The summed E-state index contributed by atoms with van der Waals surface area (Å²) < 4.78 is 12.4. The molecule has 0 atom stereocenters. The first kappa shape index (κ1) is 17.1. The maximum atomic E-state index is 12.4. The Morgan fingerprint density at radius 3 is 2.85 bits per heavy atom. The summed E-state index contributed by atoms with van der Waals surface area (Å²) >= 11 is 0. The van der Waals surface area contributed by atoms with Crippen LogP contribution in [0.4, 0.5) is 0 Å². The number of aryl methyl sites for hydroxylation is 1. The van der Waals surface area contributed by atoms with Gasteiger partial charge in [0.1, 0.15) is 0 Å². The zero-order valence-corrected chi connectivity index (χ0v) is 15.2. The van der Waals surface area contributed by atoms with Crippen molar-refractivity contribution in [2.24, 2.45) is 0 Å². The highest BCUT2D eigenvalue weighted by atomic mass is 16.7. The van der Waals surface area contributed by atoms with Crippen LogP contribution in [0.3, 0.4) is 0 Å². The van der Waals surface area contributed by atoms with Crippen LogP contribution in [0.5, 0.6) is 11.5 Å². The number of carbonyl (C=O) groups is 1. The summed E-state index contributed by atoms with van der Waals surface area (Å²) in [6.45, 7) is 4.70. The van der Waals surface area contributed by atoms with Gasteiger partial charge in [0, 0.05) is 24.0 Å². The molecule has 1 aliphatic rings. The van der Waals surface area contributed by atoms with E-state index in [4.69, 9.17) is 9.47 Å². The van der Waals surface area contributed by atoms with Gasteiger partial charge < -0.3 is 14.8 Å². The monoisotopic (exact) mass is 364 g/mol. The molecular weight excluding hydrogens is 344 g/mol. The molecule has 27 heavy (non-hydrogen) atoms. The second-order valence-corrected chi connectivity index (χ2v) is 6.32. The third-order valence-electron chi connectivity index (χ3n) is 4.60. The van der Waals surface area contributed by atoms with E-state index >= 15 is 0 Å². The van der Waals surface area contributed by atoms with E-state index in [1.807, 2.05) is 36.7 Å². The maximum absolute atomic E-state index is 12.4. The Morgan fingerprint density at radius 1 is 1.19 bits per heavy atom. The van der Waals surface area contributed by atoms with Crippen molar-refractivity contribution >= 4 is 5.91 Å². The zero-order chi connectivity index (χ0) is 18.8. The fourth-order valence-corrected chi connectivity index (χ4v) is 3.18. The Kier molecular flexibility index (Phi) is 4.50. The van der Waals surface area contributed by atoms with Crippen LogP contribution >= 0.6 is 0 Å². The van der Waals surface area contributed by atoms with E-state index in [0.29, 0.717) is 30.0 Å². The van der Waals surface area contributed by atoms with Gasteiger partial charge in [0.05, 0.1) is 5.69 Å². The van der Waals surface area contributed by atoms with Gasteiger partial charge in [0.15, 0.2) is 17.3 Å². The van der Waals surface area contributed by atoms with Crippen molar-refractivity contribution in [3.05, 3.63) is 65.1 Å². The molecule has 1 aromatic carbocycles. The highest BCUT2D eigenvalue weighted by Crippen LogP contribution is 2.32. The minimum Gasteiger partial charge on any atom is -0.454 e. The first-order valence-electron chi connectivity index (χ1n) is 8.78. The predicted molar refractivity (Wildman–Crippen MR) is 99.4 cm³/mol. The third-order valence-corrected chi connectivity index (χ3v) is 4.60. The second-order valence-electron chi connectivity index (χ2n) is 6.32. The van der Waals surface area contributed by atoms with Crippen molar-refractivity contribution in [2.75, 3.05) is 13.3 Å². The molecule has 0 radical (unpaired) electrons. The van der Waals surface area contributed by atoms with Crippen LogP contribution in [-0.2, 0) is 6.42 Å². The van der Waals surface area contributed by atoms with Gasteiger partial charge in [-0.05, 0) is 56.2 Å². The fourth-order valence-electron chi connectivity index (χ4n) is 3.18. The first-order valence-corrected chi connectivity index (χ1v) is 8.78. The lowest BCUT2D eigenvalue weighted by atomic mass is 10.1. The van der Waals surface area contributed by atoms with Crippen molar-refractivity contribution in [2.45, 2.75) is 20.3 Å². The molecule has 138 valence electrons. The van der Waals surface area contributed by atoms with Crippen LogP contribution in [0, 0.1) is 13.8 Å². The summed E-state index contributed by atoms with van der Waals surface area (Å²) in [5.74, 6) is 1.92. The summed E-state index contributed by atoms with van der Waals surface area (Å²) in [7, 11) is 0. The summed E-state index contributed by atoms with van der Waals surface area (Å²) in [5.41, 5.74) is 3.64. The van der Waals surface area contributed by atoms with Crippen LogP contribution in [-0.4, -0.2) is 34.0 Å². The largest absolute Gasteiger partial charge is 0.454 e. The predicted octanol–water partition coefficient (Wildman–Crippen LogP) is 2.59. The van der Waals surface area contributed by atoms with Gasteiger partial charge in [-0.2, -0.15) is 5.10 Å². The minimum atomic E-state index is -0.138. The maximum Gasteiger partial charge on any atom is 0.251 e. The Bertz CT molecular complexity index is 982. The average molecular weight is 364 g/mol. The summed E-state index contributed by atoms with van der Waals surface area (Å²) in [4.78, 5) is 16.7. The lowest BCUT2D eigenvalue weighted by Crippen LogP contribution is -2.25. The Labute approximate surface area is 156 Å². The van der Waals surface area contributed by atoms with Gasteiger partial charge in [-0.25, -0.2) is 9.67 Å². The van der Waals surface area contributed by atoms with Crippen LogP contribution in [0.15, 0.2) is 42.6 Å². The number of hydrogen-bond acceptors (Lipinski definition) is 5. The zero-order valence-electron chi connectivity index (χ0n) is 15.2. The number of ether oxygens (including phenoxy) is 2. The first-order chi connectivity index (χ1) is 13.1. The topological polar surface area (TPSA) is 78.3 Å². The molecule has 7 nitrogen and oxygen atoms in total. The number of fused-ring (bicyclic) bond motifs is 1. The number of carbonyl (C=O) groups excluding carboxylic acids is 1. The molecule has 7 heteroatoms. The highest BCUT2D eigenvalue weighted by Gasteiger charge is 2.17. The van der Waals surface area contributed by atoms with Gasteiger partial charge in [-0.1, -0.05) is 6.07 Å². The smallest absolute Gasteiger partial charge is 0.251 e. The molecule has 3 heterocycles. The number of pyridine rings is 1. The second kappa shape index (κ2) is 7.11. The lowest BCUT2D eigenvalue weighted by molar-refractivity contribution is 0.0953. The van der Waals surface area contributed by atoms with Crippen LogP contribution in [0.1, 0.15) is 27.3 Å². The van der Waals surface area contributed by atoms with E-state index in [1.165, 1.54) is 0 Å². The Hall–Kier alpha value is -3.35. The molecule has 0 aliphatic carbocycles. The molecule has 4 rings (SSSR count). The van der Waals surface area contributed by atoms with Crippen LogP contribution < -0.4 is 14.8 Å². The molecule has 3 aromatic rings. The molecule has 1 N–H and O–H groups in total. The molecule has 0 saturated carbocycles. The van der Waals surface area contributed by atoms with Crippen LogP contribution in [0.25, 0.3) is 5.82 Å². The number of hydrogen-bond donors (Lipinski definition) is 1. The van der Waals surface area contributed by atoms with Gasteiger partial charge in [-0.15, -0.1) is 0 Å². The van der Waals surface area contributed by atoms with E-state index < -0.39 is 0 Å². The van der Waals surface area contributed by atoms with Crippen molar-refractivity contribution in [1.29, 1.82) is 0 Å². The van der Waals surface area contributed by atoms with Crippen molar-refractivity contribution in [3.63, 3.8) is 0 Å².